The number of aryl methyl sites for hydroxylation is 1. The zero-order valence-electron chi connectivity index (χ0n) is 9.39. The standard InChI is InChI=1S/C11H10N2O2S2/c1-5-3-7-8(11(14)15-5)13-10(17-7)9-12-4-6(2)16-9/h4-5H,3H2,1-2H3. The molecular formula is C11H10N2O2S2. The zero-order valence-corrected chi connectivity index (χ0v) is 11.0. The molecule has 0 radical (unpaired) electrons. The minimum absolute atomic E-state index is 0.0543. The van der Waals surface area contributed by atoms with Crippen LogP contribution in [0.1, 0.15) is 27.2 Å². The minimum Gasteiger partial charge on any atom is -0.458 e. The summed E-state index contributed by atoms with van der Waals surface area (Å²) >= 11 is 3.14. The minimum atomic E-state index is -0.311. The van der Waals surface area contributed by atoms with E-state index in [9.17, 15) is 4.79 Å². The van der Waals surface area contributed by atoms with Crippen molar-refractivity contribution in [3.63, 3.8) is 0 Å². The molecule has 1 aliphatic rings. The van der Waals surface area contributed by atoms with Crippen LogP contribution in [0.3, 0.4) is 0 Å². The van der Waals surface area contributed by atoms with E-state index in [0.717, 1.165) is 26.2 Å². The van der Waals surface area contributed by atoms with Gasteiger partial charge in [-0.1, -0.05) is 0 Å². The van der Waals surface area contributed by atoms with E-state index in [0.29, 0.717) is 5.69 Å². The number of carbonyl (C=O) groups excluding carboxylic acids is 1. The van der Waals surface area contributed by atoms with Gasteiger partial charge in [-0.25, -0.2) is 14.8 Å². The summed E-state index contributed by atoms with van der Waals surface area (Å²) in [6, 6.07) is 0. The van der Waals surface area contributed by atoms with Crippen molar-refractivity contribution < 1.29 is 9.53 Å². The largest absolute Gasteiger partial charge is 0.458 e. The lowest BCUT2D eigenvalue weighted by molar-refractivity contribution is 0.0297. The van der Waals surface area contributed by atoms with Crippen molar-refractivity contribution in [2.24, 2.45) is 0 Å². The van der Waals surface area contributed by atoms with E-state index in [2.05, 4.69) is 9.97 Å². The highest BCUT2D eigenvalue weighted by molar-refractivity contribution is 7.21. The summed E-state index contributed by atoms with van der Waals surface area (Å²) in [5, 5.41) is 1.70. The molecule has 0 amide bonds. The number of hydrogen-bond donors (Lipinski definition) is 0. The third kappa shape index (κ3) is 1.87. The van der Waals surface area contributed by atoms with Gasteiger partial charge in [-0.15, -0.1) is 22.7 Å². The van der Waals surface area contributed by atoms with Crippen LogP contribution in [0, 0.1) is 6.92 Å². The van der Waals surface area contributed by atoms with Crippen molar-refractivity contribution in [3.05, 3.63) is 21.6 Å². The highest BCUT2D eigenvalue weighted by atomic mass is 32.1. The number of esters is 1. The maximum atomic E-state index is 11.7. The average molecular weight is 266 g/mol. The fourth-order valence-electron chi connectivity index (χ4n) is 1.74. The van der Waals surface area contributed by atoms with Gasteiger partial charge in [0.25, 0.3) is 0 Å². The first-order chi connectivity index (χ1) is 8.13. The lowest BCUT2D eigenvalue weighted by atomic mass is 10.2. The molecular weight excluding hydrogens is 256 g/mol. The molecule has 0 spiro atoms. The molecule has 1 unspecified atom stereocenters. The molecule has 0 bridgehead atoms. The number of cyclic esters (lactones) is 1. The Labute approximate surface area is 106 Å². The van der Waals surface area contributed by atoms with Crippen LogP contribution in [-0.2, 0) is 11.2 Å². The van der Waals surface area contributed by atoms with Gasteiger partial charge in [0.1, 0.15) is 6.10 Å². The van der Waals surface area contributed by atoms with E-state index in [1.807, 2.05) is 20.0 Å². The lowest BCUT2D eigenvalue weighted by Gasteiger charge is -2.16. The number of fused-ring (bicyclic) bond motifs is 1. The second kappa shape index (κ2) is 3.89. The van der Waals surface area contributed by atoms with Crippen molar-refractivity contribution >= 4 is 28.6 Å². The first-order valence-electron chi connectivity index (χ1n) is 5.27. The van der Waals surface area contributed by atoms with Crippen LogP contribution in [-0.4, -0.2) is 22.0 Å². The molecule has 2 aromatic heterocycles. The monoisotopic (exact) mass is 266 g/mol. The number of ether oxygens (including phenoxy) is 1. The fourth-order valence-corrected chi connectivity index (χ4v) is 3.69. The van der Waals surface area contributed by atoms with Crippen molar-refractivity contribution in [1.29, 1.82) is 0 Å². The number of aromatic nitrogens is 2. The average Bonchev–Trinajstić information content (AvgIpc) is 2.83. The van der Waals surface area contributed by atoms with Crippen LogP contribution in [0.4, 0.5) is 0 Å². The molecule has 0 aromatic carbocycles. The van der Waals surface area contributed by atoms with Crippen molar-refractivity contribution in [3.8, 4) is 10.0 Å². The highest BCUT2D eigenvalue weighted by Gasteiger charge is 2.28. The maximum Gasteiger partial charge on any atom is 0.358 e. The van der Waals surface area contributed by atoms with Crippen LogP contribution in [0.25, 0.3) is 10.0 Å². The Balaban J connectivity index is 2.05. The summed E-state index contributed by atoms with van der Waals surface area (Å²) in [6.45, 7) is 3.90. The van der Waals surface area contributed by atoms with Gasteiger partial charge in [0.15, 0.2) is 15.7 Å². The Hall–Kier alpha value is -1.27. The van der Waals surface area contributed by atoms with Crippen molar-refractivity contribution in [2.45, 2.75) is 26.4 Å². The molecule has 4 nitrogen and oxygen atoms in total. The smallest absolute Gasteiger partial charge is 0.358 e. The number of rotatable bonds is 1. The normalized spacial score (nSPS) is 18.9. The molecule has 88 valence electrons. The number of hydrogen-bond acceptors (Lipinski definition) is 6. The molecule has 0 N–H and O–H groups in total. The van der Waals surface area contributed by atoms with Crippen LogP contribution >= 0.6 is 22.7 Å². The van der Waals surface area contributed by atoms with E-state index in [1.54, 1.807) is 22.7 Å². The van der Waals surface area contributed by atoms with E-state index in [4.69, 9.17) is 4.74 Å². The molecule has 1 aliphatic heterocycles. The van der Waals surface area contributed by atoms with Crippen molar-refractivity contribution in [2.75, 3.05) is 0 Å². The molecule has 6 heteroatoms. The molecule has 1 atom stereocenters. The van der Waals surface area contributed by atoms with E-state index >= 15 is 0 Å². The van der Waals surface area contributed by atoms with E-state index in [1.165, 1.54) is 0 Å². The van der Waals surface area contributed by atoms with E-state index < -0.39 is 0 Å². The predicted molar refractivity (Wildman–Crippen MR) is 66.5 cm³/mol. The van der Waals surface area contributed by atoms with Crippen LogP contribution in [0.2, 0.25) is 0 Å². The summed E-state index contributed by atoms with van der Waals surface area (Å²) in [5.41, 5.74) is 0.468. The third-order valence-corrected chi connectivity index (χ3v) is 4.61. The molecule has 17 heavy (non-hydrogen) atoms. The Morgan fingerprint density at radius 3 is 2.94 bits per heavy atom. The first kappa shape index (κ1) is 10.9. The van der Waals surface area contributed by atoms with Crippen LogP contribution < -0.4 is 0 Å². The third-order valence-electron chi connectivity index (χ3n) is 2.48. The molecule has 3 rings (SSSR count). The number of carbonyl (C=O) groups is 1. The zero-order chi connectivity index (χ0) is 12.0. The molecule has 2 aromatic rings. The SMILES string of the molecule is Cc1cnc(-c2nc3c(s2)CC(C)OC3=O)s1. The maximum absolute atomic E-state index is 11.7. The Morgan fingerprint density at radius 2 is 2.24 bits per heavy atom. The number of thiazole rings is 2. The topological polar surface area (TPSA) is 52.1 Å². The second-order valence-electron chi connectivity index (χ2n) is 3.99. The Kier molecular flexibility index (Phi) is 2.48. The van der Waals surface area contributed by atoms with Gasteiger partial charge in [0.05, 0.1) is 0 Å². The lowest BCUT2D eigenvalue weighted by Crippen LogP contribution is -2.24. The molecule has 0 saturated heterocycles. The quantitative estimate of drug-likeness (QED) is 0.745. The summed E-state index contributed by atoms with van der Waals surface area (Å²) in [5.74, 6) is -0.311. The molecule has 0 saturated carbocycles. The summed E-state index contributed by atoms with van der Waals surface area (Å²) in [6.07, 6.45) is 2.52. The van der Waals surface area contributed by atoms with Gasteiger partial charge in [0.2, 0.25) is 0 Å². The highest BCUT2D eigenvalue weighted by Crippen LogP contribution is 2.34. The second-order valence-corrected chi connectivity index (χ2v) is 6.31. The molecule has 0 fully saturated rings. The predicted octanol–water partition coefficient (Wildman–Crippen LogP) is 2.68. The summed E-state index contributed by atoms with van der Waals surface area (Å²) in [7, 11) is 0. The number of nitrogens with zero attached hydrogens (tertiary/aromatic N) is 2. The Bertz CT molecular complexity index is 588. The van der Waals surface area contributed by atoms with Crippen molar-refractivity contribution in [1.82, 2.24) is 9.97 Å². The van der Waals surface area contributed by atoms with Gasteiger partial charge in [0, 0.05) is 22.4 Å². The first-order valence-corrected chi connectivity index (χ1v) is 6.90. The van der Waals surface area contributed by atoms with Crippen LogP contribution in [0.15, 0.2) is 6.20 Å². The van der Waals surface area contributed by atoms with Gasteiger partial charge < -0.3 is 4.74 Å². The van der Waals surface area contributed by atoms with Gasteiger partial charge in [-0.05, 0) is 13.8 Å². The summed E-state index contributed by atoms with van der Waals surface area (Å²) in [4.78, 5) is 22.4. The molecule has 0 aliphatic carbocycles. The van der Waals surface area contributed by atoms with Gasteiger partial charge in [-0.2, -0.15) is 0 Å². The summed E-state index contributed by atoms with van der Waals surface area (Å²) < 4.78 is 5.16. The fraction of sp³-hybridized carbons (Fsp3) is 0.364. The van der Waals surface area contributed by atoms with Gasteiger partial charge in [-0.3, -0.25) is 0 Å². The van der Waals surface area contributed by atoms with Crippen LogP contribution in [0.5, 0.6) is 0 Å². The Morgan fingerprint density at radius 1 is 1.41 bits per heavy atom. The van der Waals surface area contributed by atoms with Gasteiger partial charge >= 0.3 is 5.97 Å². The van der Waals surface area contributed by atoms with E-state index in [-0.39, 0.29) is 12.1 Å². The molecule has 3 heterocycles.